The Bertz CT molecular complexity index is 1240. The molecule has 0 aliphatic carbocycles. The number of aromatic nitrogens is 2. The van der Waals surface area contributed by atoms with Crippen LogP contribution in [0.5, 0.6) is 0 Å². The van der Waals surface area contributed by atoms with Crippen LogP contribution >= 0.6 is 0 Å². The molecule has 0 aliphatic heterocycles. The minimum Gasteiger partial charge on any atom is -0.458 e. The number of esters is 1. The third-order valence-electron chi connectivity index (χ3n) is 4.84. The predicted octanol–water partition coefficient (Wildman–Crippen LogP) is 5.06. The molecule has 0 unspecified atom stereocenters. The number of halogens is 1. The SMILES string of the molecule is CC(C)OC(=O)c1cc2c(ccn2-c2ccc(F)cc2)n1Cc1ccc(C#N)cc1. The fraction of sp³-hybridized carbons (Fsp3) is 0.167. The number of fused-ring (bicyclic) bond motifs is 1. The van der Waals surface area contributed by atoms with Crippen LogP contribution in [0.2, 0.25) is 0 Å². The number of ether oxygens (including phenoxy) is 1. The largest absolute Gasteiger partial charge is 0.458 e. The first-order valence-electron chi connectivity index (χ1n) is 9.63. The van der Waals surface area contributed by atoms with E-state index in [-0.39, 0.29) is 11.9 Å². The second kappa shape index (κ2) is 7.88. The van der Waals surface area contributed by atoms with Crippen molar-refractivity contribution in [3.8, 4) is 11.8 Å². The molecule has 5 nitrogen and oxygen atoms in total. The summed E-state index contributed by atoms with van der Waals surface area (Å²) >= 11 is 0. The summed E-state index contributed by atoms with van der Waals surface area (Å²) in [7, 11) is 0. The van der Waals surface area contributed by atoms with Gasteiger partial charge in [-0.2, -0.15) is 5.26 Å². The zero-order valence-electron chi connectivity index (χ0n) is 16.7. The zero-order valence-corrected chi connectivity index (χ0v) is 16.7. The maximum atomic E-state index is 13.3. The van der Waals surface area contributed by atoms with Gasteiger partial charge in [0.2, 0.25) is 0 Å². The average Bonchev–Trinajstić information content (AvgIpc) is 3.29. The number of hydrogen-bond acceptors (Lipinski definition) is 3. The molecule has 0 saturated heterocycles. The maximum Gasteiger partial charge on any atom is 0.355 e. The molecule has 0 radical (unpaired) electrons. The van der Waals surface area contributed by atoms with Gasteiger partial charge in [0.05, 0.1) is 28.8 Å². The van der Waals surface area contributed by atoms with Crippen molar-refractivity contribution in [2.45, 2.75) is 26.5 Å². The Kier molecular flexibility index (Phi) is 5.11. The molecule has 0 atom stereocenters. The highest BCUT2D eigenvalue weighted by Crippen LogP contribution is 2.27. The number of carbonyl (C=O) groups excluding carboxylic acids is 1. The van der Waals surface area contributed by atoms with E-state index in [2.05, 4.69) is 6.07 Å². The van der Waals surface area contributed by atoms with Gasteiger partial charge in [0.15, 0.2) is 0 Å². The monoisotopic (exact) mass is 401 g/mol. The van der Waals surface area contributed by atoms with Crippen LogP contribution in [0.25, 0.3) is 16.7 Å². The third kappa shape index (κ3) is 3.70. The first kappa shape index (κ1) is 19.5. The molecular weight excluding hydrogens is 381 g/mol. The summed E-state index contributed by atoms with van der Waals surface area (Å²) in [5.41, 5.74) is 4.46. The summed E-state index contributed by atoms with van der Waals surface area (Å²) < 4.78 is 22.6. The number of nitriles is 1. The van der Waals surface area contributed by atoms with Crippen molar-refractivity contribution in [1.82, 2.24) is 9.13 Å². The van der Waals surface area contributed by atoms with Crippen LogP contribution in [0.1, 0.15) is 35.5 Å². The molecule has 0 N–H and O–H groups in total. The highest BCUT2D eigenvalue weighted by atomic mass is 19.1. The van der Waals surface area contributed by atoms with Crippen molar-refractivity contribution >= 4 is 17.0 Å². The van der Waals surface area contributed by atoms with E-state index in [1.807, 2.05) is 47.4 Å². The Balaban J connectivity index is 1.82. The number of benzene rings is 2. The minimum atomic E-state index is -0.402. The van der Waals surface area contributed by atoms with Crippen molar-refractivity contribution in [2.24, 2.45) is 0 Å². The van der Waals surface area contributed by atoms with E-state index in [1.165, 1.54) is 12.1 Å². The molecule has 4 aromatic rings. The van der Waals surface area contributed by atoms with E-state index in [1.54, 1.807) is 30.3 Å². The summed E-state index contributed by atoms with van der Waals surface area (Å²) in [5.74, 6) is -0.706. The first-order chi connectivity index (χ1) is 14.5. The van der Waals surface area contributed by atoms with Crippen LogP contribution in [0.15, 0.2) is 66.9 Å². The fourth-order valence-corrected chi connectivity index (χ4v) is 3.45. The topological polar surface area (TPSA) is 59.9 Å². The summed E-state index contributed by atoms with van der Waals surface area (Å²) in [5, 5.41) is 9.01. The van der Waals surface area contributed by atoms with E-state index in [9.17, 15) is 9.18 Å². The van der Waals surface area contributed by atoms with Gasteiger partial charge >= 0.3 is 5.97 Å². The summed E-state index contributed by atoms with van der Waals surface area (Å²) in [6.45, 7) is 4.07. The van der Waals surface area contributed by atoms with Crippen LogP contribution in [-0.2, 0) is 11.3 Å². The molecule has 2 aromatic carbocycles. The molecule has 0 aliphatic rings. The molecule has 6 heteroatoms. The molecule has 0 amide bonds. The van der Waals surface area contributed by atoms with Crippen molar-refractivity contribution in [1.29, 1.82) is 5.26 Å². The lowest BCUT2D eigenvalue weighted by Crippen LogP contribution is -2.16. The van der Waals surface area contributed by atoms with Crippen LogP contribution in [-0.4, -0.2) is 21.2 Å². The van der Waals surface area contributed by atoms with Gasteiger partial charge in [0.1, 0.15) is 11.5 Å². The van der Waals surface area contributed by atoms with E-state index < -0.39 is 5.97 Å². The van der Waals surface area contributed by atoms with Gasteiger partial charge in [-0.3, -0.25) is 0 Å². The quantitative estimate of drug-likeness (QED) is 0.439. The summed E-state index contributed by atoms with van der Waals surface area (Å²) in [4.78, 5) is 12.8. The number of hydrogen-bond donors (Lipinski definition) is 0. The van der Waals surface area contributed by atoms with Crippen LogP contribution in [0, 0.1) is 17.1 Å². The van der Waals surface area contributed by atoms with Crippen LogP contribution in [0.3, 0.4) is 0 Å². The molecule has 0 fully saturated rings. The van der Waals surface area contributed by atoms with Crippen molar-refractivity contribution < 1.29 is 13.9 Å². The molecule has 2 aromatic heterocycles. The van der Waals surface area contributed by atoms with Crippen molar-refractivity contribution in [3.63, 3.8) is 0 Å². The predicted molar refractivity (Wildman–Crippen MR) is 112 cm³/mol. The normalized spacial score (nSPS) is 11.0. The standard InChI is InChI=1S/C24H20FN3O2/c1-16(2)30-24(29)23-13-22-21(11-12-27(22)20-9-7-19(25)8-10-20)28(23)15-18-5-3-17(14-26)4-6-18/h3-13,16H,15H2,1-2H3. The Labute approximate surface area is 173 Å². The van der Waals surface area contributed by atoms with E-state index >= 15 is 0 Å². The Hall–Kier alpha value is -3.85. The molecule has 30 heavy (non-hydrogen) atoms. The van der Waals surface area contributed by atoms with E-state index in [4.69, 9.17) is 10.00 Å². The van der Waals surface area contributed by atoms with Gasteiger partial charge in [-0.1, -0.05) is 12.1 Å². The van der Waals surface area contributed by atoms with Gasteiger partial charge in [-0.15, -0.1) is 0 Å². The molecule has 4 rings (SSSR count). The van der Waals surface area contributed by atoms with Gasteiger partial charge < -0.3 is 13.9 Å². The molecule has 0 saturated carbocycles. The second-order valence-electron chi connectivity index (χ2n) is 7.31. The molecule has 150 valence electrons. The molecule has 2 heterocycles. The third-order valence-corrected chi connectivity index (χ3v) is 4.84. The smallest absolute Gasteiger partial charge is 0.355 e. The number of carbonyl (C=O) groups is 1. The first-order valence-corrected chi connectivity index (χ1v) is 9.63. The number of nitrogens with zero attached hydrogens (tertiary/aromatic N) is 3. The van der Waals surface area contributed by atoms with E-state index in [0.717, 1.165) is 22.3 Å². The van der Waals surface area contributed by atoms with Gasteiger partial charge in [-0.05, 0) is 67.9 Å². The summed E-state index contributed by atoms with van der Waals surface area (Å²) in [6.07, 6.45) is 1.65. The van der Waals surface area contributed by atoms with Crippen LogP contribution in [0.4, 0.5) is 4.39 Å². The lowest BCUT2D eigenvalue weighted by atomic mass is 10.1. The van der Waals surface area contributed by atoms with Crippen LogP contribution < -0.4 is 0 Å². The van der Waals surface area contributed by atoms with Gasteiger partial charge in [0.25, 0.3) is 0 Å². The van der Waals surface area contributed by atoms with Crippen molar-refractivity contribution in [3.05, 3.63) is 89.5 Å². The second-order valence-corrected chi connectivity index (χ2v) is 7.31. The van der Waals surface area contributed by atoms with Gasteiger partial charge in [0, 0.05) is 18.4 Å². The van der Waals surface area contributed by atoms with Gasteiger partial charge in [-0.25, -0.2) is 9.18 Å². The lowest BCUT2D eigenvalue weighted by molar-refractivity contribution is 0.0366. The highest BCUT2D eigenvalue weighted by Gasteiger charge is 2.20. The molecule has 0 bridgehead atoms. The lowest BCUT2D eigenvalue weighted by Gasteiger charge is -2.12. The average molecular weight is 401 g/mol. The number of rotatable bonds is 5. The Morgan fingerprint density at radius 1 is 1.07 bits per heavy atom. The fourth-order valence-electron chi connectivity index (χ4n) is 3.45. The zero-order chi connectivity index (χ0) is 21.3. The maximum absolute atomic E-state index is 13.3. The molecular formula is C24H20FN3O2. The van der Waals surface area contributed by atoms with E-state index in [0.29, 0.717) is 17.8 Å². The Morgan fingerprint density at radius 2 is 1.77 bits per heavy atom. The Morgan fingerprint density at radius 3 is 2.40 bits per heavy atom. The highest BCUT2D eigenvalue weighted by molar-refractivity contribution is 5.95. The molecule has 0 spiro atoms. The summed E-state index contributed by atoms with van der Waals surface area (Å²) in [6, 6.07) is 19.3. The minimum absolute atomic E-state index is 0.241. The van der Waals surface area contributed by atoms with Crippen molar-refractivity contribution in [2.75, 3.05) is 0 Å².